The van der Waals surface area contributed by atoms with Crippen molar-refractivity contribution >= 4 is 11.9 Å². The summed E-state index contributed by atoms with van der Waals surface area (Å²) in [6.45, 7) is 11.6. The molecule has 1 aromatic carbocycles. The molecule has 0 saturated heterocycles. The molecule has 0 aliphatic carbocycles. The minimum Gasteiger partial charge on any atom is -0.257 e. The van der Waals surface area contributed by atoms with Gasteiger partial charge in [-0.2, -0.15) is 0 Å². The third-order valence-corrected chi connectivity index (χ3v) is 1.79. The van der Waals surface area contributed by atoms with Crippen LogP contribution in [0.2, 0.25) is 0 Å². The fraction of sp³-hybridized carbons (Fsp3) is 0.154. The Kier molecular flexibility index (Phi) is 3.41. The molecule has 0 amide bonds. The van der Waals surface area contributed by atoms with Crippen LogP contribution in [0, 0.1) is 6.92 Å². The molecule has 1 rings (SSSR count). The van der Waals surface area contributed by atoms with Gasteiger partial charge >= 0.3 is 0 Å². The summed E-state index contributed by atoms with van der Waals surface area (Å²) in [7, 11) is 0. The SMILES string of the molecule is C=C(C)/C=N\C(=C)c1cccc(C)c1. The molecule has 0 aromatic heterocycles. The van der Waals surface area contributed by atoms with E-state index >= 15 is 0 Å². The quantitative estimate of drug-likeness (QED) is 0.638. The number of hydrogen-bond donors (Lipinski definition) is 0. The highest BCUT2D eigenvalue weighted by atomic mass is 14.7. The molecule has 0 saturated carbocycles. The van der Waals surface area contributed by atoms with Crippen molar-refractivity contribution in [2.75, 3.05) is 0 Å². The van der Waals surface area contributed by atoms with E-state index < -0.39 is 0 Å². The Balaban J connectivity index is 2.85. The summed E-state index contributed by atoms with van der Waals surface area (Å²) in [5.74, 6) is 0. The topological polar surface area (TPSA) is 12.4 Å². The van der Waals surface area contributed by atoms with Crippen molar-refractivity contribution in [2.45, 2.75) is 13.8 Å². The zero-order valence-corrected chi connectivity index (χ0v) is 8.75. The molecular weight excluding hydrogens is 170 g/mol. The second kappa shape index (κ2) is 4.56. The highest BCUT2D eigenvalue weighted by Gasteiger charge is 1.95. The molecule has 0 heterocycles. The first kappa shape index (κ1) is 10.5. The van der Waals surface area contributed by atoms with Gasteiger partial charge in [-0.3, -0.25) is 4.99 Å². The fourth-order valence-corrected chi connectivity index (χ4v) is 1.09. The minimum atomic E-state index is 0.775. The number of hydrogen-bond acceptors (Lipinski definition) is 1. The molecule has 0 spiro atoms. The van der Waals surface area contributed by atoms with Crippen LogP contribution in [0.15, 0.2) is 48.0 Å². The first-order valence-electron chi connectivity index (χ1n) is 4.55. The first-order valence-corrected chi connectivity index (χ1v) is 4.55. The van der Waals surface area contributed by atoms with Crippen molar-refractivity contribution in [2.24, 2.45) is 4.99 Å². The van der Waals surface area contributed by atoms with E-state index in [9.17, 15) is 0 Å². The van der Waals surface area contributed by atoms with Crippen LogP contribution in [-0.2, 0) is 0 Å². The van der Waals surface area contributed by atoms with Gasteiger partial charge in [0, 0.05) is 6.21 Å². The van der Waals surface area contributed by atoms with Gasteiger partial charge in [0.2, 0.25) is 0 Å². The second-order valence-corrected chi connectivity index (χ2v) is 3.42. The Bertz CT molecular complexity index is 386. The van der Waals surface area contributed by atoms with E-state index in [1.165, 1.54) is 5.56 Å². The van der Waals surface area contributed by atoms with Gasteiger partial charge in [0.1, 0.15) is 0 Å². The monoisotopic (exact) mass is 185 g/mol. The molecule has 0 radical (unpaired) electrons. The largest absolute Gasteiger partial charge is 0.257 e. The van der Waals surface area contributed by atoms with Crippen LogP contribution in [0.1, 0.15) is 18.1 Å². The summed E-state index contributed by atoms with van der Waals surface area (Å²) in [6.07, 6.45) is 1.73. The van der Waals surface area contributed by atoms with Gasteiger partial charge in [0.05, 0.1) is 5.70 Å². The fourth-order valence-electron chi connectivity index (χ4n) is 1.09. The van der Waals surface area contributed by atoms with Crippen LogP contribution in [0.25, 0.3) is 5.70 Å². The van der Waals surface area contributed by atoms with E-state index in [1.54, 1.807) is 6.21 Å². The molecule has 1 nitrogen and oxygen atoms in total. The van der Waals surface area contributed by atoms with Crippen LogP contribution in [0.5, 0.6) is 0 Å². The number of benzene rings is 1. The molecule has 14 heavy (non-hydrogen) atoms. The average Bonchev–Trinajstić information content (AvgIpc) is 2.14. The summed E-state index contributed by atoms with van der Waals surface area (Å²) in [5, 5.41) is 0. The molecule has 0 N–H and O–H groups in total. The molecule has 1 aromatic rings. The molecule has 1 heteroatoms. The summed E-state index contributed by atoms with van der Waals surface area (Å²) in [6, 6.07) is 8.13. The van der Waals surface area contributed by atoms with Crippen molar-refractivity contribution in [1.29, 1.82) is 0 Å². The Morgan fingerprint density at radius 3 is 2.64 bits per heavy atom. The predicted molar refractivity (Wildman–Crippen MR) is 63.5 cm³/mol. The molecular formula is C13H15N. The highest BCUT2D eigenvalue weighted by molar-refractivity contribution is 5.82. The summed E-state index contributed by atoms with van der Waals surface area (Å²) >= 11 is 0. The van der Waals surface area contributed by atoms with E-state index in [0.29, 0.717) is 0 Å². The summed E-state index contributed by atoms with van der Waals surface area (Å²) in [4.78, 5) is 4.22. The summed E-state index contributed by atoms with van der Waals surface area (Å²) in [5.41, 5.74) is 3.98. The van der Waals surface area contributed by atoms with Gasteiger partial charge in [-0.25, -0.2) is 0 Å². The Hall–Kier alpha value is -1.63. The Morgan fingerprint density at radius 2 is 2.07 bits per heavy atom. The number of allylic oxidation sites excluding steroid dienone is 1. The van der Waals surface area contributed by atoms with Gasteiger partial charge in [-0.05, 0) is 31.1 Å². The number of aliphatic imine (C=N–C) groups is 1. The van der Waals surface area contributed by atoms with Gasteiger partial charge < -0.3 is 0 Å². The first-order chi connectivity index (χ1) is 6.59. The Labute approximate surface area is 85.5 Å². The van der Waals surface area contributed by atoms with Gasteiger partial charge in [-0.15, -0.1) is 0 Å². The molecule has 0 atom stereocenters. The maximum Gasteiger partial charge on any atom is 0.0630 e. The van der Waals surface area contributed by atoms with Crippen molar-refractivity contribution in [1.82, 2.24) is 0 Å². The third-order valence-electron chi connectivity index (χ3n) is 1.79. The summed E-state index contributed by atoms with van der Waals surface area (Å²) < 4.78 is 0. The van der Waals surface area contributed by atoms with E-state index in [2.05, 4.69) is 37.2 Å². The van der Waals surface area contributed by atoms with Crippen LogP contribution < -0.4 is 0 Å². The van der Waals surface area contributed by atoms with E-state index in [0.717, 1.165) is 16.8 Å². The van der Waals surface area contributed by atoms with Crippen LogP contribution in [0.3, 0.4) is 0 Å². The molecule has 0 bridgehead atoms. The van der Waals surface area contributed by atoms with E-state index in [-0.39, 0.29) is 0 Å². The molecule has 0 aliphatic rings. The molecule has 72 valence electrons. The Morgan fingerprint density at radius 1 is 1.36 bits per heavy atom. The van der Waals surface area contributed by atoms with Gasteiger partial charge in [-0.1, -0.05) is 36.9 Å². The van der Waals surface area contributed by atoms with Crippen molar-refractivity contribution in [3.8, 4) is 0 Å². The minimum absolute atomic E-state index is 0.775. The lowest BCUT2D eigenvalue weighted by Gasteiger charge is -2.00. The lowest BCUT2D eigenvalue weighted by Crippen LogP contribution is -1.82. The lowest BCUT2D eigenvalue weighted by atomic mass is 10.1. The maximum atomic E-state index is 4.22. The smallest absolute Gasteiger partial charge is 0.0630 e. The van der Waals surface area contributed by atoms with Crippen LogP contribution in [-0.4, -0.2) is 6.21 Å². The molecule has 0 aliphatic heterocycles. The lowest BCUT2D eigenvalue weighted by molar-refractivity contribution is 1.42. The maximum absolute atomic E-state index is 4.22. The molecule has 0 fully saturated rings. The van der Waals surface area contributed by atoms with Crippen LogP contribution in [0.4, 0.5) is 0 Å². The van der Waals surface area contributed by atoms with Gasteiger partial charge in [0.25, 0.3) is 0 Å². The zero-order valence-electron chi connectivity index (χ0n) is 8.75. The third kappa shape index (κ3) is 3.02. The van der Waals surface area contributed by atoms with Crippen molar-refractivity contribution in [3.05, 3.63) is 54.1 Å². The highest BCUT2D eigenvalue weighted by Crippen LogP contribution is 2.14. The number of nitrogens with zero attached hydrogens (tertiary/aromatic N) is 1. The standard InChI is InChI=1S/C13H15N/c1-10(2)9-14-12(4)13-7-5-6-11(3)8-13/h5-9H,1,4H2,2-3H3/b14-9-. The normalized spacial score (nSPS) is 10.4. The van der Waals surface area contributed by atoms with Gasteiger partial charge in [0.15, 0.2) is 0 Å². The number of aryl methyl sites for hydroxylation is 1. The van der Waals surface area contributed by atoms with Crippen molar-refractivity contribution in [3.63, 3.8) is 0 Å². The van der Waals surface area contributed by atoms with Crippen LogP contribution >= 0.6 is 0 Å². The predicted octanol–water partition coefficient (Wildman–Crippen LogP) is 3.61. The average molecular weight is 185 g/mol. The zero-order chi connectivity index (χ0) is 10.6. The van der Waals surface area contributed by atoms with E-state index in [1.807, 2.05) is 19.1 Å². The second-order valence-electron chi connectivity index (χ2n) is 3.42. The van der Waals surface area contributed by atoms with E-state index in [4.69, 9.17) is 0 Å². The van der Waals surface area contributed by atoms with Crippen molar-refractivity contribution < 1.29 is 0 Å². The molecule has 0 unspecified atom stereocenters. The number of rotatable bonds is 3.